The minimum atomic E-state index is -1.31. The van der Waals surface area contributed by atoms with Gasteiger partial charge in [0.15, 0.2) is 6.20 Å². The number of aliphatic hydroxyl groups excluding tert-OH is 2. The summed E-state index contributed by atoms with van der Waals surface area (Å²) in [5, 5.41) is 22.9. The third-order valence-corrected chi connectivity index (χ3v) is 3.69. The first-order valence-electron chi connectivity index (χ1n) is 7.51. The molecule has 3 N–H and O–H groups in total. The van der Waals surface area contributed by atoms with Gasteiger partial charge in [-0.25, -0.2) is 4.85 Å². The SMILES string of the molecule is [C-]#[N+]/C=C/c1ccc(O[C@@H]2O[C@H](C)[C@H](NC(C)=O)[C@H](O)[C@H]2O)cc1. The molecule has 0 saturated carbocycles. The maximum absolute atomic E-state index is 11.2. The number of nitrogens with one attached hydrogen (secondary N) is 1. The molecule has 0 spiro atoms. The average Bonchev–Trinajstić information content (AvgIpc) is 2.55. The number of ether oxygens (including phenoxy) is 2. The van der Waals surface area contributed by atoms with Gasteiger partial charge < -0.3 is 25.0 Å². The summed E-state index contributed by atoms with van der Waals surface area (Å²) in [5.41, 5.74) is 0.836. The molecular formula is C17H20N2O5. The van der Waals surface area contributed by atoms with Gasteiger partial charge in [-0.05, 0) is 24.6 Å². The van der Waals surface area contributed by atoms with Crippen LogP contribution in [-0.2, 0) is 9.53 Å². The Hall–Kier alpha value is -2.40. The van der Waals surface area contributed by atoms with Crippen LogP contribution in [0.3, 0.4) is 0 Å². The molecule has 24 heavy (non-hydrogen) atoms. The van der Waals surface area contributed by atoms with Gasteiger partial charge in [0.2, 0.25) is 12.2 Å². The molecule has 0 aromatic heterocycles. The lowest BCUT2D eigenvalue weighted by Crippen LogP contribution is -2.63. The molecule has 1 fully saturated rings. The van der Waals surface area contributed by atoms with Gasteiger partial charge in [0, 0.05) is 6.92 Å². The van der Waals surface area contributed by atoms with Crippen molar-refractivity contribution in [1.29, 1.82) is 0 Å². The van der Waals surface area contributed by atoms with E-state index in [1.54, 1.807) is 37.3 Å². The second kappa shape index (κ2) is 7.93. The number of carbonyl (C=O) groups excluding carboxylic acids is 1. The summed E-state index contributed by atoms with van der Waals surface area (Å²) >= 11 is 0. The number of rotatable bonds is 4. The number of carbonyl (C=O) groups is 1. The van der Waals surface area contributed by atoms with Crippen LogP contribution in [0.25, 0.3) is 10.9 Å². The second-order valence-electron chi connectivity index (χ2n) is 5.55. The van der Waals surface area contributed by atoms with Crippen LogP contribution < -0.4 is 10.1 Å². The van der Waals surface area contributed by atoms with E-state index in [0.29, 0.717) is 5.75 Å². The molecule has 0 bridgehead atoms. The van der Waals surface area contributed by atoms with E-state index in [1.165, 1.54) is 13.1 Å². The lowest BCUT2D eigenvalue weighted by atomic mass is 9.97. The smallest absolute Gasteiger partial charge is 0.229 e. The van der Waals surface area contributed by atoms with E-state index in [1.807, 2.05) is 0 Å². The number of amides is 1. The summed E-state index contributed by atoms with van der Waals surface area (Å²) in [6.07, 6.45) is -1.08. The monoisotopic (exact) mass is 332 g/mol. The molecule has 1 aromatic rings. The maximum atomic E-state index is 11.2. The number of hydrogen-bond acceptors (Lipinski definition) is 5. The van der Waals surface area contributed by atoms with E-state index in [2.05, 4.69) is 10.2 Å². The van der Waals surface area contributed by atoms with Crippen LogP contribution in [-0.4, -0.2) is 46.8 Å². The molecular weight excluding hydrogens is 312 g/mol. The summed E-state index contributed by atoms with van der Waals surface area (Å²) in [6.45, 7) is 9.72. The molecule has 7 heteroatoms. The normalized spacial score (nSPS) is 29.9. The third kappa shape index (κ3) is 4.32. The van der Waals surface area contributed by atoms with Crippen LogP contribution in [0.15, 0.2) is 30.5 Å². The Morgan fingerprint density at radius 3 is 2.58 bits per heavy atom. The van der Waals surface area contributed by atoms with Gasteiger partial charge in [-0.1, -0.05) is 18.2 Å². The molecule has 1 saturated heterocycles. The van der Waals surface area contributed by atoms with Crippen LogP contribution >= 0.6 is 0 Å². The minimum Gasteiger partial charge on any atom is -0.462 e. The topological polar surface area (TPSA) is 92.4 Å². The van der Waals surface area contributed by atoms with Gasteiger partial charge in [-0.2, -0.15) is 0 Å². The van der Waals surface area contributed by atoms with E-state index in [-0.39, 0.29) is 5.91 Å². The van der Waals surface area contributed by atoms with Crippen molar-refractivity contribution in [3.63, 3.8) is 0 Å². The highest BCUT2D eigenvalue weighted by Gasteiger charge is 2.44. The molecule has 0 aliphatic carbocycles. The van der Waals surface area contributed by atoms with Gasteiger partial charge >= 0.3 is 0 Å². The summed E-state index contributed by atoms with van der Waals surface area (Å²) in [4.78, 5) is 14.3. The van der Waals surface area contributed by atoms with Crippen LogP contribution in [0.5, 0.6) is 5.75 Å². The number of hydrogen-bond donors (Lipinski definition) is 3. The number of aliphatic hydroxyl groups is 2. The Morgan fingerprint density at radius 1 is 1.33 bits per heavy atom. The molecule has 1 aliphatic rings. The van der Waals surface area contributed by atoms with E-state index >= 15 is 0 Å². The van der Waals surface area contributed by atoms with E-state index in [0.717, 1.165) is 5.56 Å². The zero-order chi connectivity index (χ0) is 17.7. The predicted molar refractivity (Wildman–Crippen MR) is 86.7 cm³/mol. The molecule has 1 heterocycles. The molecule has 0 unspecified atom stereocenters. The molecule has 128 valence electrons. The predicted octanol–water partition coefficient (Wildman–Crippen LogP) is 0.927. The standard InChI is InChI=1S/C17H20N2O5/c1-10-14(19-11(2)20)15(21)16(22)17(23-10)24-13-6-4-12(5-7-13)8-9-18-3/h4-10,14-17,21-22H,1-2H3,(H,19,20)/b9-8+/t10-,14+,15+,16-,17+/m1/s1. The fraction of sp³-hybridized carbons (Fsp3) is 0.412. The van der Waals surface area contributed by atoms with Crippen molar-refractivity contribution in [2.24, 2.45) is 0 Å². The molecule has 0 radical (unpaired) electrons. The first-order valence-corrected chi connectivity index (χ1v) is 7.51. The Balaban J connectivity index is 2.04. The number of nitrogens with zero attached hydrogens (tertiary/aromatic N) is 1. The van der Waals surface area contributed by atoms with E-state index in [9.17, 15) is 15.0 Å². The van der Waals surface area contributed by atoms with Gasteiger partial charge in [-0.15, -0.1) is 0 Å². The Bertz CT molecular complexity index is 637. The second-order valence-corrected chi connectivity index (χ2v) is 5.55. The Labute approximate surface area is 140 Å². The van der Waals surface area contributed by atoms with Gasteiger partial charge in [0.1, 0.15) is 18.0 Å². The minimum absolute atomic E-state index is 0.316. The fourth-order valence-electron chi connectivity index (χ4n) is 2.48. The lowest BCUT2D eigenvalue weighted by molar-refractivity contribution is -0.242. The first kappa shape index (κ1) is 17.9. The zero-order valence-electron chi connectivity index (χ0n) is 13.4. The highest BCUT2D eigenvalue weighted by molar-refractivity contribution is 5.73. The van der Waals surface area contributed by atoms with Crippen molar-refractivity contribution in [1.82, 2.24) is 5.32 Å². The molecule has 7 nitrogen and oxygen atoms in total. The van der Waals surface area contributed by atoms with Gasteiger partial charge in [0.05, 0.1) is 18.7 Å². The van der Waals surface area contributed by atoms with Crippen molar-refractivity contribution in [3.8, 4) is 5.75 Å². The van der Waals surface area contributed by atoms with E-state index < -0.39 is 30.6 Å². The zero-order valence-corrected chi connectivity index (χ0v) is 13.4. The van der Waals surface area contributed by atoms with Gasteiger partial charge in [0.25, 0.3) is 0 Å². The summed E-state index contributed by atoms with van der Waals surface area (Å²) in [7, 11) is 0. The highest BCUT2D eigenvalue weighted by atomic mass is 16.7. The number of benzene rings is 1. The van der Waals surface area contributed by atoms with Crippen molar-refractivity contribution in [2.75, 3.05) is 0 Å². The molecule has 1 aromatic carbocycles. The summed E-state index contributed by atoms with van der Waals surface area (Å²) in [6, 6.07) is 6.16. The van der Waals surface area contributed by atoms with Crippen LogP contribution in [0.2, 0.25) is 0 Å². The maximum Gasteiger partial charge on any atom is 0.229 e. The van der Waals surface area contributed by atoms with Crippen molar-refractivity contribution < 1.29 is 24.5 Å². The Morgan fingerprint density at radius 2 is 2.00 bits per heavy atom. The molecule has 1 aliphatic heterocycles. The van der Waals surface area contributed by atoms with Crippen LogP contribution in [0.1, 0.15) is 19.4 Å². The average molecular weight is 332 g/mol. The quantitative estimate of drug-likeness (QED) is 0.713. The lowest BCUT2D eigenvalue weighted by Gasteiger charge is -2.41. The first-order chi connectivity index (χ1) is 11.4. The van der Waals surface area contributed by atoms with Crippen LogP contribution in [0.4, 0.5) is 0 Å². The largest absolute Gasteiger partial charge is 0.462 e. The molecule has 2 rings (SSSR count). The summed E-state index contributed by atoms with van der Waals surface area (Å²) in [5.74, 6) is 0.139. The van der Waals surface area contributed by atoms with Crippen molar-refractivity contribution >= 4 is 12.0 Å². The van der Waals surface area contributed by atoms with Crippen molar-refractivity contribution in [3.05, 3.63) is 47.4 Å². The summed E-state index contributed by atoms with van der Waals surface area (Å²) < 4.78 is 11.2. The fourth-order valence-corrected chi connectivity index (χ4v) is 2.48. The molecule has 1 amide bonds. The third-order valence-electron chi connectivity index (χ3n) is 3.69. The van der Waals surface area contributed by atoms with Crippen LogP contribution in [0, 0.1) is 6.57 Å². The van der Waals surface area contributed by atoms with Crippen molar-refractivity contribution in [2.45, 2.75) is 44.5 Å². The van der Waals surface area contributed by atoms with E-state index in [4.69, 9.17) is 16.0 Å². The highest BCUT2D eigenvalue weighted by Crippen LogP contribution is 2.24. The Kier molecular flexibility index (Phi) is 5.93. The van der Waals surface area contributed by atoms with Gasteiger partial charge in [-0.3, -0.25) is 4.79 Å². The molecule has 5 atom stereocenters.